The van der Waals surface area contributed by atoms with Crippen molar-refractivity contribution in [1.29, 1.82) is 0 Å². The van der Waals surface area contributed by atoms with Gasteiger partial charge >= 0.3 is 5.97 Å². The third-order valence-electron chi connectivity index (χ3n) is 4.83. The second kappa shape index (κ2) is 9.09. The number of sulfone groups is 1. The van der Waals surface area contributed by atoms with Crippen molar-refractivity contribution in [2.75, 3.05) is 20.0 Å². The Morgan fingerprint density at radius 3 is 2.55 bits per heavy atom. The van der Waals surface area contributed by atoms with Crippen LogP contribution in [0.2, 0.25) is 0 Å². The highest BCUT2D eigenvalue weighted by Gasteiger charge is 2.34. The van der Waals surface area contributed by atoms with Crippen molar-refractivity contribution in [3.63, 3.8) is 0 Å². The Kier molecular flexibility index (Phi) is 6.50. The van der Waals surface area contributed by atoms with E-state index in [-0.39, 0.29) is 22.6 Å². The van der Waals surface area contributed by atoms with Gasteiger partial charge in [0.05, 0.1) is 32.5 Å². The van der Waals surface area contributed by atoms with Crippen LogP contribution in [0.1, 0.15) is 26.7 Å². The number of hydrogen-bond acceptors (Lipinski definition) is 6. The quantitative estimate of drug-likeness (QED) is 0.491. The molecule has 0 aliphatic rings. The van der Waals surface area contributed by atoms with Crippen LogP contribution in [-0.2, 0) is 9.84 Å². The number of rotatable bonds is 9. The van der Waals surface area contributed by atoms with Crippen LogP contribution in [0.25, 0.3) is 11.1 Å². The van der Waals surface area contributed by atoms with Crippen molar-refractivity contribution < 1.29 is 32.2 Å². The predicted octanol–water partition coefficient (Wildman–Crippen LogP) is 4.35. The van der Waals surface area contributed by atoms with Crippen LogP contribution in [-0.4, -0.2) is 39.5 Å². The summed E-state index contributed by atoms with van der Waals surface area (Å²) in [6, 6.07) is 11.3. The zero-order valence-corrected chi connectivity index (χ0v) is 17.9. The molecule has 7 nitrogen and oxygen atoms in total. The number of benzene rings is 2. The van der Waals surface area contributed by atoms with Crippen LogP contribution in [0.3, 0.4) is 0 Å². The average Bonchev–Trinajstić information content (AvgIpc) is 3.27. The molecule has 0 saturated heterocycles. The summed E-state index contributed by atoms with van der Waals surface area (Å²) >= 11 is 0. The lowest BCUT2D eigenvalue weighted by Gasteiger charge is -2.22. The number of methoxy groups -OCH3 is 2. The molecule has 3 aromatic rings. The number of carboxylic acids is 1. The largest absolute Gasteiger partial charge is 0.497 e. The molecule has 1 unspecified atom stereocenters. The minimum Gasteiger partial charge on any atom is -0.497 e. The zero-order chi connectivity index (χ0) is 22.6. The van der Waals surface area contributed by atoms with Gasteiger partial charge in [0.25, 0.3) is 0 Å². The molecule has 0 aliphatic carbocycles. The van der Waals surface area contributed by atoms with Gasteiger partial charge in [0.1, 0.15) is 22.3 Å². The average molecular weight is 442 g/mol. The van der Waals surface area contributed by atoms with E-state index < -0.39 is 21.1 Å². The van der Waals surface area contributed by atoms with Gasteiger partial charge in [-0.3, -0.25) is 0 Å². The summed E-state index contributed by atoms with van der Waals surface area (Å²) in [5, 5.41) is 8.78. The first kappa shape index (κ1) is 22.2. The summed E-state index contributed by atoms with van der Waals surface area (Å²) in [4.78, 5) is 12.3. The van der Waals surface area contributed by atoms with Crippen LogP contribution in [0.15, 0.2) is 72.1 Å². The van der Waals surface area contributed by atoms with E-state index in [1.165, 1.54) is 38.9 Å². The van der Waals surface area contributed by atoms with E-state index >= 15 is 0 Å². The molecule has 1 N–H and O–H groups in total. The number of carbonyl (C=O) groups is 1. The first-order valence-electron chi connectivity index (χ1n) is 9.27. The first-order chi connectivity index (χ1) is 14.8. The van der Waals surface area contributed by atoms with Crippen molar-refractivity contribution in [3.8, 4) is 22.6 Å². The Labute approximate surface area is 180 Å². The Bertz CT molecular complexity index is 1190. The molecule has 0 saturated carbocycles. The summed E-state index contributed by atoms with van der Waals surface area (Å²) in [7, 11) is -1.05. The highest BCUT2D eigenvalue weighted by atomic mass is 32.2. The second-order valence-electron chi connectivity index (χ2n) is 6.70. The maximum atomic E-state index is 13.3. The summed E-state index contributed by atoms with van der Waals surface area (Å²) in [6.07, 6.45) is 4.19. The molecule has 162 valence electrons. The SMILES string of the molecule is C=CCS(=O)(=O)C(c1cccc(OC)c1)c1ccc(-c2ccoc2)c(OC)c1C(=O)O. The standard InChI is InChI=1S/C23H22O7S/c1-4-12-31(26,27)22(15-6-5-7-17(13-15)28-2)19-9-8-18(16-10-11-30-14-16)21(29-3)20(19)23(24)25/h4-11,13-14,22H,1,12H2,2-3H3,(H,24,25). The number of ether oxygens (including phenoxy) is 2. The molecule has 31 heavy (non-hydrogen) atoms. The Morgan fingerprint density at radius 1 is 1.19 bits per heavy atom. The molecule has 0 amide bonds. The molecule has 0 spiro atoms. The number of carboxylic acid groups (broad SMARTS) is 1. The highest BCUT2D eigenvalue weighted by Crippen LogP contribution is 2.42. The smallest absolute Gasteiger partial charge is 0.339 e. The Balaban J connectivity index is 2.35. The van der Waals surface area contributed by atoms with Gasteiger partial charge in [-0.25, -0.2) is 13.2 Å². The normalized spacial score (nSPS) is 12.2. The monoisotopic (exact) mass is 442 g/mol. The summed E-state index contributed by atoms with van der Waals surface area (Å²) in [5.41, 5.74) is 1.32. The van der Waals surface area contributed by atoms with E-state index in [2.05, 4.69) is 6.58 Å². The van der Waals surface area contributed by atoms with Gasteiger partial charge in [-0.15, -0.1) is 6.58 Å². The number of furan rings is 1. The fraction of sp³-hybridized carbons (Fsp3) is 0.174. The van der Waals surface area contributed by atoms with Crippen LogP contribution < -0.4 is 9.47 Å². The maximum Gasteiger partial charge on any atom is 0.339 e. The van der Waals surface area contributed by atoms with E-state index in [1.54, 1.807) is 36.4 Å². The molecular weight excluding hydrogens is 420 g/mol. The molecule has 2 aromatic carbocycles. The predicted molar refractivity (Wildman–Crippen MR) is 116 cm³/mol. The van der Waals surface area contributed by atoms with E-state index in [1.807, 2.05) is 0 Å². The van der Waals surface area contributed by atoms with Crippen LogP contribution in [0, 0.1) is 0 Å². The highest BCUT2D eigenvalue weighted by molar-refractivity contribution is 7.92. The molecule has 0 radical (unpaired) electrons. The van der Waals surface area contributed by atoms with Crippen molar-refractivity contribution in [1.82, 2.24) is 0 Å². The van der Waals surface area contributed by atoms with Gasteiger partial charge in [-0.2, -0.15) is 0 Å². The van der Waals surface area contributed by atoms with Crippen molar-refractivity contribution in [3.05, 3.63) is 84.3 Å². The van der Waals surface area contributed by atoms with Crippen molar-refractivity contribution in [2.24, 2.45) is 0 Å². The summed E-state index contributed by atoms with van der Waals surface area (Å²) in [5.74, 6) is -1.14. The molecule has 0 fully saturated rings. The molecule has 0 aliphatic heterocycles. The zero-order valence-electron chi connectivity index (χ0n) is 17.1. The van der Waals surface area contributed by atoms with Gasteiger partial charge in [0, 0.05) is 11.1 Å². The van der Waals surface area contributed by atoms with Gasteiger partial charge in [-0.05, 0) is 29.3 Å². The van der Waals surface area contributed by atoms with E-state index in [9.17, 15) is 18.3 Å². The fourth-order valence-corrected chi connectivity index (χ4v) is 5.21. The van der Waals surface area contributed by atoms with Crippen LogP contribution >= 0.6 is 0 Å². The lowest BCUT2D eigenvalue weighted by atomic mass is 9.94. The molecule has 0 bridgehead atoms. The van der Waals surface area contributed by atoms with E-state index in [0.717, 1.165) is 0 Å². The number of aromatic carboxylic acids is 1. The summed E-state index contributed by atoms with van der Waals surface area (Å²) < 4.78 is 42.3. The Morgan fingerprint density at radius 2 is 1.97 bits per heavy atom. The first-order valence-corrected chi connectivity index (χ1v) is 11.0. The van der Waals surface area contributed by atoms with Crippen LogP contribution in [0.4, 0.5) is 0 Å². The topological polar surface area (TPSA) is 103 Å². The molecule has 3 rings (SSSR count). The van der Waals surface area contributed by atoms with Crippen LogP contribution in [0.5, 0.6) is 11.5 Å². The van der Waals surface area contributed by atoms with Gasteiger partial charge < -0.3 is 19.0 Å². The Hall–Kier alpha value is -3.52. The lowest BCUT2D eigenvalue weighted by Crippen LogP contribution is -2.20. The molecule has 8 heteroatoms. The van der Waals surface area contributed by atoms with Gasteiger partial charge in [-0.1, -0.05) is 30.3 Å². The second-order valence-corrected chi connectivity index (χ2v) is 8.83. The maximum absolute atomic E-state index is 13.3. The lowest BCUT2D eigenvalue weighted by molar-refractivity contribution is 0.0692. The van der Waals surface area contributed by atoms with Crippen molar-refractivity contribution >= 4 is 15.8 Å². The molecule has 1 atom stereocenters. The summed E-state index contributed by atoms with van der Waals surface area (Å²) in [6.45, 7) is 3.53. The van der Waals surface area contributed by atoms with E-state index in [4.69, 9.17) is 13.9 Å². The molecular formula is C23H22O7S. The number of hydrogen-bond donors (Lipinski definition) is 1. The molecule has 1 aromatic heterocycles. The minimum atomic E-state index is -3.86. The third-order valence-corrected chi connectivity index (χ3v) is 6.77. The van der Waals surface area contributed by atoms with Crippen molar-refractivity contribution in [2.45, 2.75) is 5.25 Å². The fourth-order valence-electron chi connectivity index (χ4n) is 3.54. The third kappa shape index (κ3) is 4.34. The molecule has 1 heterocycles. The van der Waals surface area contributed by atoms with E-state index in [0.29, 0.717) is 22.4 Å². The minimum absolute atomic E-state index is 0.0492. The van der Waals surface area contributed by atoms with Gasteiger partial charge in [0.15, 0.2) is 9.84 Å². The van der Waals surface area contributed by atoms with Gasteiger partial charge in [0.2, 0.25) is 0 Å².